The van der Waals surface area contributed by atoms with Crippen LogP contribution in [0.25, 0.3) is 11.2 Å². The van der Waals surface area contributed by atoms with Crippen molar-refractivity contribution >= 4 is 27.0 Å². The molecule has 1 fully saturated rings. The Kier molecular flexibility index (Phi) is 4.82. The zero-order valence-corrected chi connectivity index (χ0v) is 17.9. The van der Waals surface area contributed by atoms with Crippen molar-refractivity contribution in [3.8, 4) is 5.75 Å². The highest BCUT2D eigenvalue weighted by atomic mass is 32.2. The van der Waals surface area contributed by atoms with E-state index >= 15 is 0 Å². The highest BCUT2D eigenvalue weighted by Gasteiger charge is 2.27. The first-order valence-corrected chi connectivity index (χ1v) is 11.9. The number of imidazole rings is 1. The molecule has 11 heteroatoms. The summed E-state index contributed by atoms with van der Waals surface area (Å²) in [6, 6.07) is 4.11. The van der Waals surface area contributed by atoms with Crippen LogP contribution < -0.4 is 15.2 Å². The molecule has 3 aromatic rings. The van der Waals surface area contributed by atoms with Crippen LogP contribution in [0, 0.1) is 13.0 Å². The van der Waals surface area contributed by atoms with Crippen LogP contribution in [0.2, 0.25) is 0 Å². The van der Waals surface area contributed by atoms with Crippen LogP contribution in [-0.2, 0) is 29.4 Å². The van der Waals surface area contributed by atoms with Gasteiger partial charge in [0.1, 0.15) is 11.6 Å². The molecule has 1 aliphatic carbocycles. The molecule has 2 aliphatic rings. The maximum absolute atomic E-state index is 13.9. The maximum atomic E-state index is 13.9. The van der Waals surface area contributed by atoms with Gasteiger partial charge < -0.3 is 15.0 Å². The van der Waals surface area contributed by atoms with Crippen molar-refractivity contribution < 1.29 is 17.5 Å². The first kappa shape index (κ1) is 20.1. The van der Waals surface area contributed by atoms with E-state index in [2.05, 4.69) is 25.7 Å². The van der Waals surface area contributed by atoms with E-state index in [0.717, 1.165) is 36.1 Å². The Morgan fingerprint density at radius 3 is 2.87 bits per heavy atom. The Hall–Kier alpha value is -2.79. The van der Waals surface area contributed by atoms with E-state index in [-0.39, 0.29) is 35.3 Å². The molecule has 1 saturated carbocycles. The van der Waals surface area contributed by atoms with Crippen LogP contribution in [0.1, 0.15) is 35.4 Å². The number of fused-ring (bicyclic) bond motifs is 2. The second kappa shape index (κ2) is 7.41. The molecular weight excluding hydrogens is 423 g/mol. The van der Waals surface area contributed by atoms with Crippen molar-refractivity contribution in [2.24, 2.45) is 0 Å². The quantitative estimate of drug-likeness (QED) is 0.527. The second-order valence-electron chi connectivity index (χ2n) is 8.10. The van der Waals surface area contributed by atoms with Gasteiger partial charge in [0.2, 0.25) is 10.0 Å². The fourth-order valence-corrected chi connectivity index (χ4v) is 5.17. The number of benzene rings is 1. The molecule has 2 aromatic heterocycles. The molecule has 5 rings (SSSR count). The van der Waals surface area contributed by atoms with E-state index < -0.39 is 16.1 Å². The van der Waals surface area contributed by atoms with E-state index in [1.54, 1.807) is 4.57 Å². The average molecular weight is 447 g/mol. The van der Waals surface area contributed by atoms with Crippen LogP contribution >= 0.6 is 0 Å². The van der Waals surface area contributed by atoms with Crippen molar-refractivity contribution in [1.29, 1.82) is 0 Å². The molecular formula is C20H23FN6O3S. The first-order valence-electron chi connectivity index (χ1n) is 10.2. The van der Waals surface area contributed by atoms with Gasteiger partial charge >= 0.3 is 6.08 Å². The van der Waals surface area contributed by atoms with Crippen molar-refractivity contribution in [2.45, 2.75) is 45.2 Å². The van der Waals surface area contributed by atoms with Gasteiger partial charge in [-0.25, -0.2) is 18.1 Å². The Labute approximate surface area is 178 Å². The van der Waals surface area contributed by atoms with Crippen molar-refractivity contribution in [1.82, 2.24) is 24.2 Å². The Balaban J connectivity index is 1.52. The van der Waals surface area contributed by atoms with Crippen molar-refractivity contribution in [3.05, 3.63) is 40.7 Å². The summed E-state index contributed by atoms with van der Waals surface area (Å²) >= 11 is 0. The molecule has 0 bridgehead atoms. The molecule has 0 saturated heterocycles. The second-order valence-corrected chi connectivity index (χ2v) is 9.98. The lowest BCUT2D eigenvalue weighted by atomic mass is 10.0. The van der Waals surface area contributed by atoms with Crippen LogP contribution in [0.3, 0.4) is 0 Å². The van der Waals surface area contributed by atoms with Gasteiger partial charge in [-0.3, -0.25) is 0 Å². The zero-order chi connectivity index (χ0) is 21.8. The van der Waals surface area contributed by atoms with Gasteiger partial charge in [0.05, 0.1) is 12.4 Å². The fourth-order valence-electron chi connectivity index (χ4n) is 3.89. The van der Waals surface area contributed by atoms with Crippen LogP contribution in [-0.4, -0.2) is 46.3 Å². The van der Waals surface area contributed by atoms with Gasteiger partial charge in [0.25, 0.3) is 0 Å². The third-order valence-corrected chi connectivity index (χ3v) is 7.09. The van der Waals surface area contributed by atoms with E-state index in [1.807, 2.05) is 13.0 Å². The highest BCUT2D eigenvalue weighted by Crippen LogP contribution is 2.30. The maximum Gasteiger partial charge on any atom is 0.312 e. The number of rotatable bonds is 7. The number of sulfonamides is 1. The van der Waals surface area contributed by atoms with Gasteiger partial charge in [0, 0.05) is 25.4 Å². The number of ether oxygens (including phenoxy) is 1. The zero-order valence-electron chi connectivity index (χ0n) is 17.1. The number of aryl methyl sites for hydroxylation is 2. The van der Waals surface area contributed by atoms with E-state index in [0.29, 0.717) is 18.9 Å². The third kappa shape index (κ3) is 4.07. The minimum absolute atomic E-state index is 0.0217. The molecule has 0 amide bonds. The smallest absolute Gasteiger partial charge is 0.312 e. The SMILES string of the molecule is Cc1cc2c(cc1Cc1nc3c(N)nc(F)nc3n1CCS(=O)(=O)NC1CC1)OCC2. The monoisotopic (exact) mass is 446 g/mol. The summed E-state index contributed by atoms with van der Waals surface area (Å²) in [6.07, 6.45) is 2.02. The number of nitrogen functional groups attached to an aromatic ring is 1. The largest absolute Gasteiger partial charge is 0.493 e. The van der Waals surface area contributed by atoms with Gasteiger partial charge in [-0.2, -0.15) is 14.4 Å². The van der Waals surface area contributed by atoms with E-state index in [9.17, 15) is 12.8 Å². The number of hydrogen-bond acceptors (Lipinski definition) is 7. The molecule has 0 spiro atoms. The molecule has 1 aliphatic heterocycles. The minimum Gasteiger partial charge on any atom is -0.493 e. The molecule has 3 heterocycles. The van der Waals surface area contributed by atoms with Crippen molar-refractivity contribution in [2.75, 3.05) is 18.1 Å². The lowest BCUT2D eigenvalue weighted by molar-refractivity contribution is 0.356. The summed E-state index contributed by atoms with van der Waals surface area (Å²) < 4.78 is 48.7. The lowest BCUT2D eigenvalue weighted by Gasteiger charge is -2.12. The Bertz CT molecular complexity index is 1290. The van der Waals surface area contributed by atoms with Gasteiger partial charge in [-0.05, 0) is 42.5 Å². The number of hydrogen-bond donors (Lipinski definition) is 2. The summed E-state index contributed by atoms with van der Waals surface area (Å²) in [5.74, 6) is 1.16. The number of nitrogens with zero attached hydrogens (tertiary/aromatic N) is 4. The van der Waals surface area contributed by atoms with Crippen LogP contribution in [0.5, 0.6) is 5.75 Å². The Morgan fingerprint density at radius 1 is 1.29 bits per heavy atom. The number of halogens is 1. The molecule has 164 valence electrons. The van der Waals surface area contributed by atoms with Gasteiger partial charge in [-0.1, -0.05) is 6.07 Å². The molecule has 9 nitrogen and oxygen atoms in total. The molecule has 3 N–H and O–H groups in total. The summed E-state index contributed by atoms with van der Waals surface area (Å²) in [5, 5.41) is 0. The van der Waals surface area contributed by atoms with Gasteiger partial charge in [-0.15, -0.1) is 0 Å². The van der Waals surface area contributed by atoms with Crippen LogP contribution in [0.4, 0.5) is 10.2 Å². The number of aromatic nitrogens is 4. The summed E-state index contributed by atoms with van der Waals surface area (Å²) in [6.45, 7) is 2.75. The van der Waals surface area contributed by atoms with Gasteiger partial charge in [0.15, 0.2) is 17.0 Å². The molecule has 1 aromatic carbocycles. The standard InChI is InChI=1S/C20H23FN6O3S/c1-11-8-12-4-6-30-15(12)9-13(11)10-16-23-17-18(22)24-20(21)25-19(17)27(16)5-7-31(28,29)26-14-2-3-14/h8-9,14,26H,2-7,10H2,1H3,(H2,22,24,25). The Morgan fingerprint density at radius 2 is 2.10 bits per heavy atom. The number of nitrogens with two attached hydrogens (primary N) is 1. The predicted octanol–water partition coefficient (Wildman–Crippen LogP) is 1.46. The highest BCUT2D eigenvalue weighted by molar-refractivity contribution is 7.89. The minimum atomic E-state index is -3.48. The first-order chi connectivity index (χ1) is 14.8. The fraction of sp³-hybridized carbons (Fsp3) is 0.450. The predicted molar refractivity (Wildman–Crippen MR) is 113 cm³/mol. The summed E-state index contributed by atoms with van der Waals surface area (Å²) in [7, 11) is -3.48. The van der Waals surface area contributed by atoms with Crippen molar-refractivity contribution in [3.63, 3.8) is 0 Å². The summed E-state index contributed by atoms with van der Waals surface area (Å²) in [5.41, 5.74) is 9.57. The number of anilines is 1. The topological polar surface area (TPSA) is 125 Å². The third-order valence-electron chi connectivity index (χ3n) is 5.68. The van der Waals surface area contributed by atoms with E-state index in [1.165, 1.54) is 5.56 Å². The average Bonchev–Trinajstić information content (AvgIpc) is 3.25. The molecule has 0 unspecified atom stereocenters. The van der Waals surface area contributed by atoms with Crippen LogP contribution in [0.15, 0.2) is 12.1 Å². The molecule has 0 atom stereocenters. The summed E-state index contributed by atoms with van der Waals surface area (Å²) in [4.78, 5) is 12.0. The molecule has 0 radical (unpaired) electrons. The lowest BCUT2D eigenvalue weighted by Crippen LogP contribution is -2.30. The number of nitrogens with one attached hydrogen (secondary N) is 1. The molecule has 31 heavy (non-hydrogen) atoms. The van der Waals surface area contributed by atoms with E-state index in [4.69, 9.17) is 10.5 Å². The normalized spacial score (nSPS) is 15.9.